The van der Waals surface area contributed by atoms with Crippen molar-refractivity contribution in [3.63, 3.8) is 0 Å². The summed E-state index contributed by atoms with van der Waals surface area (Å²) in [5.41, 5.74) is 1.97. The Bertz CT molecular complexity index is 813. The molecular weight excluding hydrogens is 385 g/mol. The topological polar surface area (TPSA) is 57.7 Å². The van der Waals surface area contributed by atoms with E-state index >= 15 is 0 Å². The van der Waals surface area contributed by atoms with E-state index in [1.807, 2.05) is 6.92 Å². The summed E-state index contributed by atoms with van der Waals surface area (Å²) in [4.78, 5) is 15.9. The monoisotopic (exact) mass is 411 g/mol. The fourth-order valence-corrected chi connectivity index (χ4v) is 3.29. The zero-order chi connectivity index (χ0) is 20.5. The van der Waals surface area contributed by atoms with Crippen LogP contribution in [0.5, 0.6) is 5.75 Å². The van der Waals surface area contributed by atoms with Gasteiger partial charge in [0.15, 0.2) is 0 Å². The maximum atomic E-state index is 14.7. The van der Waals surface area contributed by atoms with E-state index in [2.05, 4.69) is 11.9 Å². The lowest BCUT2D eigenvalue weighted by molar-refractivity contribution is 0.00700. The molecule has 1 aromatic heterocycles. The molecule has 0 N–H and O–H groups in total. The molecule has 0 aliphatic carbocycles. The highest BCUT2D eigenvalue weighted by atomic mass is 35.5. The third kappa shape index (κ3) is 5.96. The first-order valence-electron chi connectivity index (χ1n) is 9.68. The van der Waals surface area contributed by atoms with E-state index in [1.165, 1.54) is 18.9 Å². The quantitative estimate of drug-likeness (QED) is 0.258. The summed E-state index contributed by atoms with van der Waals surface area (Å²) in [5.74, 6) is -0.176. The van der Waals surface area contributed by atoms with E-state index in [1.54, 1.807) is 13.0 Å². The number of aromatic nitrogens is 1. The zero-order valence-electron chi connectivity index (χ0n) is 16.6. The highest BCUT2D eigenvalue weighted by Gasteiger charge is 2.19. The Kier molecular flexibility index (Phi) is 8.77. The van der Waals surface area contributed by atoms with Crippen molar-refractivity contribution in [1.82, 2.24) is 4.98 Å². The Morgan fingerprint density at radius 3 is 2.61 bits per heavy atom. The van der Waals surface area contributed by atoms with Crippen LogP contribution in [-0.2, 0) is 15.9 Å². The maximum Gasteiger partial charge on any atom is 0.511 e. The van der Waals surface area contributed by atoms with Crippen molar-refractivity contribution < 1.29 is 23.4 Å². The van der Waals surface area contributed by atoms with Crippen molar-refractivity contribution >= 4 is 28.7 Å². The Labute approximate surface area is 170 Å². The molecule has 0 bridgehead atoms. The predicted molar refractivity (Wildman–Crippen MR) is 108 cm³/mol. The number of pyridine rings is 1. The highest BCUT2D eigenvalue weighted by molar-refractivity contribution is 6.31. The van der Waals surface area contributed by atoms with Gasteiger partial charge in [0.05, 0.1) is 17.5 Å². The van der Waals surface area contributed by atoms with Crippen LogP contribution in [0.4, 0.5) is 9.18 Å². The maximum absolute atomic E-state index is 14.7. The number of halogens is 2. The van der Waals surface area contributed by atoms with Gasteiger partial charge in [0.1, 0.15) is 11.6 Å². The second kappa shape index (κ2) is 11.1. The number of nitrogens with zero attached hydrogens (tertiary/aromatic N) is 1. The number of carbonyl (C=O) groups is 1. The molecule has 0 saturated heterocycles. The minimum Gasteiger partial charge on any atom is -0.456 e. The number of unbranched alkanes of at least 4 members (excludes halogenated alkanes) is 4. The lowest BCUT2D eigenvalue weighted by atomic mass is 10.0. The fourth-order valence-electron chi connectivity index (χ4n) is 3.09. The largest absolute Gasteiger partial charge is 0.511 e. The van der Waals surface area contributed by atoms with Crippen molar-refractivity contribution in [2.45, 2.75) is 59.3 Å². The van der Waals surface area contributed by atoms with Crippen LogP contribution < -0.4 is 4.74 Å². The molecule has 0 aliphatic heterocycles. The van der Waals surface area contributed by atoms with Gasteiger partial charge in [-0.1, -0.05) is 44.2 Å². The third-order valence-corrected chi connectivity index (χ3v) is 4.65. The van der Waals surface area contributed by atoms with Gasteiger partial charge in [0, 0.05) is 16.3 Å². The molecule has 0 radical (unpaired) electrons. The average Bonchev–Trinajstić information content (AvgIpc) is 2.62. The van der Waals surface area contributed by atoms with Crippen LogP contribution in [0.2, 0.25) is 5.02 Å². The molecule has 5 nitrogen and oxygen atoms in total. The van der Waals surface area contributed by atoms with Crippen LogP contribution in [0.3, 0.4) is 0 Å². The lowest BCUT2D eigenvalue weighted by Gasteiger charge is -2.17. The van der Waals surface area contributed by atoms with Crippen molar-refractivity contribution in [1.29, 1.82) is 0 Å². The van der Waals surface area contributed by atoms with Gasteiger partial charge in [0.2, 0.25) is 6.79 Å². The number of hydrogen-bond donors (Lipinski definition) is 0. The molecule has 0 unspecified atom stereocenters. The molecular formula is C21H27ClFNO4. The Morgan fingerprint density at radius 2 is 1.89 bits per heavy atom. The molecule has 1 heterocycles. The smallest absolute Gasteiger partial charge is 0.456 e. The molecule has 154 valence electrons. The fraction of sp³-hybridized carbons (Fsp3) is 0.524. The van der Waals surface area contributed by atoms with Gasteiger partial charge in [-0.05, 0) is 38.8 Å². The van der Waals surface area contributed by atoms with Crippen LogP contribution in [0.1, 0.15) is 57.2 Å². The minimum atomic E-state index is -0.831. The van der Waals surface area contributed by atoms with E-state index in [0.717, 1.165) is 30.5 Å². The summed E-state index contributed by atoms with van der Waals surface area (Å²) in [6.45, 7) is 5.53. The zero-order valence-corrected chi connectivity index (χ0v) is 17.4. The molecule has 0 aliphatic rings. The van der Waals surface area contributed by atoms with Gasteiger partial charge >= 0.3 is 6.16 Å². The Hall–Kier alpha value is -2.08. The lowest BCUT2D eigenvalue weighted by Crippen LogP contribution is -2.13. The Morgan fingerprint density at radius 1 is 1.14 bits per heavy atom. The molecule has 1 aromatic carbocycles. The van der Waals surface area contributed by atoms with Gasteiger partial charge in [-0.3, -0.25) is 4.98 Å². The minimum absolute atomic E-state index is 0.201. The molecule has 28 heavy (non-hydrogen) atoms. The molecule has 0 saturated carbocycles. The first-order chi connectivity index (χ1) is 13.5. The van der Waals surface area contributed by atoms with E-state index in [0.29, 0.717) is 17.7 Å². The SMILES string of the molecule is CCCCCCCc1c(C)nc2cc(Cl)cc(F)c2c1OCOC(=O)OCC. The van der Waals surface area contributed by atoms with Gasteiger partial charge in [-0.25, -0.2) is 9.18 Å². The summed E-state index contributed by atoms with van der Waals surface area (Å²) < 4.78 is 30.0. The number of benzene rings is 1. The number of carbonyl (C=O) groups excluding carboxylic acids is 1. The van der Waals surface area contributed by atoms with E-state index in [9.17, 15) is 9.18 Å². The molecule has 2 rings (SSSR count). The van der Waals surface area contributed by atoms with E-state index in [4.69, 9.17) is 25.8 Å². The van der Waals surface area contributed by atoms with Crippen molar-refractivity contribution in [3.05, 3.63) is 34.2 Å². The van der Waals surface area contributed by atoms with Crippen LogP contribution in [0.25, 0.3) is 10.9 Å². The standard InChI is InChI=1S/C21H27ClFNO4/c1-4-6-7-8-9-10-16-14(3)24-18-12-15(22)11-17(23)19(18)20(16)27-13-28-21(25)26-5-2/h11-12H,4-10,13H2,1-3H3. The molecule has 0 spiro atoms. The van der Waals surface area contributed by atoms with Crippen molar-refractivity contribution in [2.24, 2.45) is 0 Å². The summed E-state index contributed by atoms with van der Waals surface area (Å²) in [6.07, 6.45) is 5.41. The number of aryl methyl sites for hydroxylation is 1. The van der Waals surface area contributed by atoms with Gasteiger partial charge < -0.3 is 14.2 Å². The van der Waals surface area contributed by atoms with Crippen LogP contribution in [0.15, 0.2) is 12.1 Å². The van der Waals surface area contributed by atoms with E-state index in [-0.39, 0.29) is 23.8 Å². The molecule has 0 fully saturated rings. The normalized spacial score (nSPS) is 10.9. The Balaban J connectivity index is 2.30. The second-order valence-corrected chi connectivity index (χ2v) is 6.98. The first-order valence-corrected chi connectivity index (χ1v) is 10.1. The summed E-state index contributed by atoms with van der Waals surface area (Å²) in [5, 5.41) is 0.504. The van der Waals surface area contributed by atoms with Gasteiger partial charge in [-0.2, -0.15) is 0 Å². The van der Waals surface area contributed by atoms with Crippen LogP contribution in [0, 0.1) is 12.7 Å². The number of rotatable bonds is 10. The molecule has 7 heteroatoms. The molecule has 0 amide bonds. The van der Waals surface area contributed by atoms with Crippen LogP contribution >= 0.6 is 11.6 Å². The average molecular weight is 412 g/mol. The van der Waals surface area contributed by atoms with Crippen molar-refractivity contribution in [2.75, 3.05) is 13.4 Å². The summed E-state index contributed by atoms with van der Waals surface area (Å²) in [6, 6.07) is 2.82. The second-order valence-electron chi connectivity index (χ2n) is 6.54. The predicted octanol–water partition coefficient (Wildman–Crippen LogP) is 6.36. The number of ether oxygens (including phenoxy) is 3. The third-order valence-electron chi connectivity index (χ3n) is 4.43. The molecule has 2 aromatic rings. The van der Waals surface area contributed by atoms with Crippen LogP contribution in [-0.4, -0.2) is 24.5 Å². The molecule has 0 atom stereocenters. The summed E-state index contributed by atoms with van der Waals surface area (Å²) >= 11 is 5.97. The number of hydrogen-bond acceptors (Lipinski definition) is 5. The van der Waals surface area contributed by atoms with Crippen molar-refractivity contribution in [3.8, 4) is 5.75 Å². The highest BCUT2D eigenvalue weighted by Crippen LogP contribution is 2.35. The van der Waals surface area contributed by atoms with E-state index < -0.39 is 12.0 Å². The van der Waals surface area contributed by atoms with Gasteiger partial charge in [-0.15, -0.1) is 0 Å². The summed E-state index contributed by atoms with van der Waals surface area (Å²) in [7, 11) is 0. The number of fused-ring (bicyclic) bond motifs is 1. The van der Waals surface area contributed by atoms with Gasteiger partial charge in [0.25, 0.3) is 0 Å². The first kappa shape index (κ1) is 22.2.